The third kappa shape index (κ3) is 1.93. The van der Waals surface area contributed by atoms with Crippen LogP contribution in [0.15, 0.2) is 34.1 Å². The Labute approximate surface area is 121 Å². The van der Waals surface area contributed by atoms with Gasteiger partial charge in [-0.25, -0.2) is 4.79 Å². The fourth-order valence-electron chi connectivity index (χ4n) is 2.07. The smallest absolute Gasteiger partial charge is 0.353 e. The minimum Gasteiger partial charge on any atom is -0.477 e. The van der Waals surface area contributed by atoms with E-state index in [9.17, 15) is 9.90 Å². The summed E-state index contributed by atoms with van der Waals surface area (Å²) in [5.41, 5.74) is 8.87. The van der Waals surface area contributed by atoms with E-state index in [-0.39, 0.29) is 5.69 Å². The molecule has 0 spiro atoms. The van der Waals surface area contributed by atoms with Crippen LogP contribution in [0.3, 0.4) is 0 Å². The van der Waals surface area contributed by atoms with Crippen LogP contribution >= 0.6 is 27.3 Å². The summed E-state index contributed by atoms with van der Waals surface area (Å²) in [7, 11) is 0. The number of halogens is 1. The Bertz CT molecular complexity index is 791. The molecule has 2 aromatic heterocycles. The molecular weight excluding hydrogens is 328 g/mol. The van der Waals surface area contributed by atoms with Crippen LogP contribution in [0.5, 0.6) is 0 Å². The van der Waals surface area contributed by atoms with Crippen LogP contribution < -0.4 is 5.73 Å². The molecule has 4 nitrogen and oxygen atoms in total. The van der Waals surface area contributed by atoms with Crippen LogP contribution in [0, 0.1) is 0 Å². The van der Waals surface area contributed by atoms with Gasteiger partial charge >= 0.3 is 5.97 Å². The maximum atomic E-state index is 11.4. The highest BCUT2D eigenvalue weighted by atomic mass is 79.9. The first kappa shape index (κ1) is 12.3. The zero-order valence-corrected chi connectivity index (χ0v) is 12.0. The van der Waals surface area contributed by atoms with Gasteiger partial charge in [-0.2, -0.15) is 0 Å². The summed E-state index contributed by atoms with van der Waals surface area (Å²) in [5.74, 6) is -0.979. The number of aromatic carboxylic acids is 1. The van der Waals surface area contributed by atoms with Crippen molar-refractivity contribution in [1.29, 1.82) is 0 Å². The monoisotopic (exact) mass is 336 g/mol. The lowest BCUT2D eigenvalue weighted by Crippen LogP contribution is -1.99. The Kier molecular flexibility index (Phi) is 2.83. The van der Waals surface area contributed by atoms with Gasteiger partial charge in [0.25, 0.3) is 0 Å². The zero-order chi connectivity index (χ0) is 13.6. The molecule has 3 aromatic rings. The minimum atomic E-state index is -0.979. The van der Waals surface area contributed by atoms with Gasteiger partial charge in [-0.05, 0) is 33.6 Å². The summed E-state index contributed by atoms with van der Waals surface area (Å²) >= 11 is 4.91. The van der Waals surface area contributed by atoms with Crippen LogP contribution in [-0.2, 0) is 0 Å². The molecule has 19 heavy (non-hydrogen) atoms. The fraction of sp³-hybridized carbons (Fsp3) is 0. The maximum Gasteiger partial charge on any atom is 0.353 e. The highest BCUT2D eigenvalue weighted by molar-refractivity contribution is 9.10. The molecule has 3 rings (SSSR count). The van der Waals surface area contributed by atoms with Crippen LogP contribution in [0.25, 0.3) is 21.3 Å². The maximum absolute atomic E-state index is 11.4. The summed E-state index contributed by atoms with van der Waals surface area (Å²) in [4.78, 5) is 14.3. The van der Waals surface area contributed by atoms with E-state index >= 15 is 0 Å². The predicted octanol–water partition coefficient (Wildman–Crippen LogP) is 3.94. The zero-order valence-electron chi connectivity index (χ0n) is 9.61. The second-order valence-electron chi connectivity index (χ2n) is 4.09. The van der Waals surface area contributed by atoms with Gasteiger partial charge in [-0.3, -0.25) is 0 Å². The van der Waals surface area contributed by atoms with Gasteiger partial charge in [0.2, 0.25) is 0 Å². The summed E-state index contributed by atoms with van der Waals surface area (Å²) in [6, 6.07) is 7.23. The Balaban J connectivity index is 2.37. The number of fused-ring (bicyclic) bond motifs is 1. The molecule has 0 atom stereocenters. The van der Waals surface area contributed by atoms with Crippen molar-refractivity contribution >= 4 is 49.1 Å². The van der Waals surface area contributed by atoms with E-state index in [2.05, 4.69) is 20.9 Å². The molecule has 0 aliphatic heterocycles. The van der Waals surface area contributed by atoms with Crippen molar-refractivity contribution in [2.75, 3.05) is 5.73 Å². The third-order valence-electron chi connectivity index (χ3n) is 2.86. The molecule has 0 aliphatic carbocycles. The van der Waals surface area contributed by atoms with E-state index in [1.54, 1.807) is 12.1 Å². The number of H-pyrrole nitrogens is 1. The number of nitrogens with one attached hydrogen (secondary N) is 1. The lowest BCUT2D eigenvalue weighted by atomic mass is 10.1. The number of nitrogens with two attached hydrogens (primary N) is 1. The molecule has 0 unspecified atom stereocenters. The lowest BCUT2D eigenvalue weighted by molar-refractivity contribution is 0.0692. The van der Waals surface area contributed by atoms with Crippen molar-refractivity contribution in [1.82, 2.24) is 4.98 Å². The second kappa shape index (κ2) is 4.40. The number of hydrogen-bond donors (Lipinski definition) is 3. The number of aromatic amines is 1. The van der Waals surface area contributed by atoms with Gasteiger partial charge in [-0.1, -0.05) is 12.1 Å². The van der Waals surface area contributed by atoms with Crippen LogP contribution in [0.4, 0.5) is 5.69 Å². The quantitative estimate of drug-likeness (QED) is 0.620. The Morgan fingerprint density at radius 1 is 1.42 bits per heavy atom. The molecule has 0 radical (unpaired) electrons. The summed E-state index contributed by atoms with van der Waals surface area (Å²) in [5, 5.41) is 11.3. The molecule has 0 amide bonds. The van der Waals surface area contributed by atoms with E-state index in [0.717, 1.165) is 20.3 Å². The average molecular weight is 337 g/mol. The fourth-order valence-corrected chi connectivity index (χ4v) is 3.73. The first-order chi connectivity index (χ1) is 9.08. The number of aromatic nitrogens is 1. The van der Waals surface area contributed by atoms with Crippen molar-refractivity contribution in [2.24, 2.45) is 0 Å². The Morgan fingerprint density at radius 2 is 2.21 bits per heavy atom. The molecule has 6 heteroatoms. The number of rotatable bonds is 2. The van der Waals surface area contributed by atoms with Gasteiger partial charge in [0.05, 0.1) is 14.7 Å². The molecule has 0 bridgehead atoms. The SMILES string of the molecule is Nc1cccc(-c2c(C(=O)O)[nH]c3c(Br)csc23)c1. The number of carbonyl (C=O) groups is 1. The summed E-state index contributed by atoms with van der Waals surface area (Å²) < 4.78 is 1.78. The number of benzene rings is 1. The van der Waals surface area contributed by atoms with Crippen molar-refractivity contribution in [3.8, 4) is 11.1 Å². The first-order valence-corrected chi connectivity index (χ1v) is 7.13. The molecule has 2 heterocycles. The average Bonchev–Trinajstić information content (AvgIpc) is 2.90. The number of nitrogen functional groups attached to an aromatic ring is 1. The topological polar surface area (TPSA) is 79.1 Å². The van der Waals surface area contributed by atoms with E-state index in [4.69, 9.17) is 5.73 Å². The summed E-state index contributed by atoms with van der Waals surface area (Å²) in [6.07, 6.45) is 0. The molecule has 1 aromatic carbocycles. The van der Waals surface area contributed by atoms with Crippen molar-refractivity contribution in [3.63, 3.8) is 0 Å². The standard InChI is InChI=1S/C13H9BrN2O2S/c14-8-5-19-12-9(6-2-1-3-7(15)4-6)11(13(17)18)16-10(8)12/h1-5,16H,15H2,(H,17,18). The number of hydrogen-bond acceptors (Lipinski definition) is 3. The molecule has 4 N–H and O–H groups in total. The van der Waals surface area contributed by atoms with Crippen molar-refractivity contribution in [3.05, 3.63) is 39.8 Å². The van der Waals surface area contributed by atoms with Crippen molar-refractivity contribution < 1.29 is 9.90 Å². The molecule has 0 fully saturated rings. The Morgan fingerprint density at radius 3 is 2.89 bits per heavy atom. The largest absolute Gasteiger partial charge is 0.477 e. The van der Waals surface area contributed by atoms with Crippen LogP contribution in [0.1, 0.15) is 10.5 Å². The highest BCUT2D eigenvalue weighted by Gasteiger charge is 2.21. The van der Waals surface area contributed by atoms with Crippen LogP contribution in [0.2, 0.25) is 0 Å². The highest BCUT2D eigenvalue weighted by Crippen LogP contribution is 2.40. The summed E-state index contributed by atoms with van der Waals surface area (Å²) in [6.45, 7) is 0. The molecule has 96 valence electrons. The van der Waals surface area contributed by atoms with Gasteiger partial charge < -0.3 is 15.8 Å². The number of carboxylic acids is 1. The number of carboxylic acid groups (broad SMARTS) is 1. The van der Waals surface area contributed by atoms with E-state index in [1.807, 2.05) is 17.5 Å². The van der Waals surface area contributed by atoms with Crippen LogP contribution in [-0.4, -0.2) is 16.1 Å². The lowest BCUT2D eigenvalue weighted by Gasteiger charge is -2.02. The third-order valence-corrected chi connectivity index (χ3v) is 4.79. The number of anilines is 1. The van der Waals surface area contributed by atoms with Gasteiger partial charge in [-0.15, -0.1) is 11.3 Å². The van der Waals surface area contributed by atoms with Gasteiger partial charge in [0.1, 0.15) is 5.69 Å². The Hall–Kier alpha value is -1.79. The van der Waals surface area contributed by atoms with Gasteiger partial charge in [0.15, 0.2) is 0 Å². The van der Waals surface area contributed by atoms with E-state index < -0.39 is 5.97 Å². The molecule has 0 saturated carbocycles. The second-order valence-corrected chi connectivity index (χ2v) is 5.83. The van der Waals surface area contributed by atoms with Gasteiger partial charge in [0, 0.05) is 16.6 Å². The minimum absolute atomic E-state index is 0.188. The predicted molar refractivity (Wildman–Crippen MR) is 80.7 cm³/mol. The van der Waals surface area contributed by atoms with E-state index in [0.29, 0.717) is 11.3 Å². The van der Waals surface area contributed by atoms with Crippen molar-refractivity contribution in [2.45, 2.75) is 0 Å². The molecular formula is C13H9BrN2O2S. The first-order valence-electron chi connectivity index (χ1n) is 5.46. The molecule has 0 saturated heterocycles. The normalized spacial score (nSPS) is 11.0. The molecule has 0 aliphatic rings. The number of thiophene rings is 1. The van der Waals surface area contributed by atoms with E-state index in [1.165, 1.54) is 11.3 Å².